The lowest BCUT2D eigenvalue weighted by atomic mass is 9.83. The minimum Gasteiger partial charge on any atom is -0.481 e. The zero-order valence-corrected chi connectivity index (χ0v) is 68.9. The molecule has 25 heteroatoms. The van der Waals surface area contributed by atoms with Gasteiger partial charge in [0.2, 0.25) is 35.0 Å². The molecule has 610 valence electrons. The monoisotopic (exact) mass is 1620 g/mol. The topological polar surface area (TPSA) is 267 Å². The molecule has 0 unspecified atom stereocenters. The third-order valence-corrected chi connectivity index (χ3v) is 27.0. The van der Waals surface area contributed by atoms with Crippen LogP contribution in [0.2, 0.25) is 0 Å². The largest absolute Gasteiger partial charge is 0.481 e. The van der Waals surface area contributed by atoms with E-state index in [1.54, 1.807) is 39.8 Å². The van der Waals surface area contributed by atoms with Gasteiger partial charge in [-0.2, -0.15) is 10.2 Å². The average molecular weight is 1620 g/mol. The number of hydrogen-bond acceptors (Lipinski definition) is 21. The first-order chi connectivity index (χ1) is 53.9. The van der Waals surface area contributed by atoms with Gasteiger partial charge in [-0.3, -0.25) is 48.4 Å². The molecule has 11 aliphatic heterocycles. The molecule has 19 rings (SSSR count). The number of hydrogen-bond donors (Lipinski definition) is 3. The number of amides is 2. The van der Waals surface area contributed by atoms with Gasteiger partial charge in [0.25, 0.3) is 0 Å². The van der Waals surface area contributed by atoms with Gasteiger partial charge in [-0.05, 0) is 163 Å². The van der Waals surface area contributed by atoms with E-state index in [1.165, 1.54) is 77.0 Å². The predicted octanol–water partition coefficient (Wildman–Crippen LogP) is 14.2. The van der Waals surface area contributed by atoms with Crippen LogP contribution in [0.4, 0.5) is 0 Å². The number of rotatable bonds is 10. The fraction of sp³-hybridized carbons (Fsp3) is 0.636. The molecular weight excluding hydrogens is 1500 g/mol. The Morgan fingerprint density at radius 3 is 1.08 bits per heavy atom. The lowest BCUT2D eigenvalue weighted by Crippen LogP contribution is -2.54. The van der Waals surface area contributed by atoms with Crippen molar-refractivity contribution in [1.82, 2.24) is 30.5 Å². The second-order valence-corrected chi connectivity index (χ2v) is 37.6. The fourth-order valence-corrected chi connectivity index (χ4v) is 18.0. The van der Waals surface area contributed by atoms with Crippen molar-refractivity contribution in [2.24, 2.45) is 31.9 Å². The second-order valence-electron chi connectivity index (χ2n) is 36.6. The van der Waals surface area contributed by atoms with Gasteiger partial charge in [-0.15, -0.1) is 0 Å². The first-order valence-corrected chi connectivity index (χ1v) is 42.4. The lowest BCUT2D eigenvalue weighted by molar-refractivity contribution is -0.231. The molecule has 4 aromatic carbocycles. The van der Waals surface area contributed by atoms with Crippen LogP contribution in [0.15, 0.2) is 87.5 Å². The molecule has 4 spiro atoms. The number of piperidine rings is 4. The van der Waals surface area contributed by atoms with Gasteiger partial charge in [0, 0.05) is 179 Å². The Bertz CT molecular complexity index is 4160. The number of carboxylic acids is 1. The fourth-order valence-electron chi connectivity index (χ4n) is 17.6. The van der Waals surface area contributed by atoms with E-state index in [0.29, 0.717) is 44.8 Å². The molecule has 4 aromatic rings. The molecule has 24 nitrogen and oxygen atoms in total. The second kappa shape index (κ2) is 32.7. The van der Waals surface area contributed by atoms with Crippen molar-refractivity contribution in [3.05, 3.63) is 116 Å². The van der Waals surface area contributed by atoms with Crippen LogP contribution in [0.25, 0.3) is 0 Å². The maximum absolute atomic E-state index is 12.5. The Morgan fingerprint density at radius 2 is 0.788 bits per heavy atom. The van der Waals surface area contributed by atoms with Gasteiger partial charge in [-0.1, -0.05) is 69.3 Å². The number of cyclic esters (lactones) is 2. The molecule has 3 N–H and O–H groups in total. The molecule has 113 heavy (non-hydrogen) atoms. The van der Waals surface area contributed by atoms with E-state index in [0.717, 1.165) is 200 Å². The van der Waals surface area contributed by atoms with Crippen LogP contribution < -0.4 is 29.8 Å². The number of nitrogens with one attached hydrogen (secondary N) is 2. The smallest absolute Gasteiger partial charge is 0.319 e. The summed E-state index contributed by atoms with van der Waals surface area (Å²) in [5.41, 5.74) is 11.2. The van der Waals surface area contributed by atoms with Gasteiger partial charge in [0.05, 0.1) is 65.9 Å². The molecule has 2 amide bonds. The highest BCUT2D eigenvalue weighted by Crippen LogP contribution is 2.46. The van der Waals surface area contributed by atoms with Crippen LogP contribution in [0, 0.1) is 21.7 Å². The van der Waals surface area contributed by atoms with Gasteiger partial charge < -0.3 is 47.7 Å². The van der Waals surface area contributed by atoms with Gasteiger partial charge in [0.1, 0.15) is 23.0 Å². The number of carboxylic acid groups (broad SMARTS) is 1. The molecule has 11 heterocycles. The van der Waals surface area contributed by atoms with E-state index in [1.807, 2.05) is 64.1 Å². The van der Waals surface area contributed by atoms with Crippen LogP contribution in [0.3, 0.4) is 0 Å². The molecule has 0 radical (unpaired) electrons. The molecule has 9 fully saturated rings. The zero-order valence-electron chi connectivity index (χ0n) is 67.3. The molecule has 0 aromatic heterocycles. The number of ether oxygens (including phenoxy) is 9. The van der Waals surface area contributed by atoms with Crippen LogP contribution in [0.5, 0.6) is 23.0 Å². The quantitative estimate of drug-likeness (QED) is 0.0756. The van der Waals surface area contributed by atoms with Crippen molar-refractivity contribution >= 4 is 62.9 Å². The molecule has 0 atom stereocenters. The van der Waals surface area contributed by atoms with E-state index < -0.39 is 56.9 Å². The van der Waals surface area contributed by atoms with E-state index in [2.05, 4.69) is 85.6 Å². The maximum Gasteiger partial charge on any atom is 0.319 e. The number of nitrogens with zero attached hydrogens (tertiary/aromatic N) is 6. The van der Waals surface area contributed by atoms with Crippen molar-refractivity contribution in [3.8, 4) is 23.0 Å². The van der Waals surface area contributed by atoms with E-state index in [-0.39, 0.29) is 36.2 Å². The average Bonchev–Trinajstić information content (AvgIpc) is 1.16. The Hall–Kier alpha value is -7.20. The van der Waals surface area contributed by atoms with Crippen LogP contribution in [-0.2, 0) is 74.1 Å². The Morgan fingerprint density at radius 1 is 0.460 bits per heavy atom. The minimum atomic E-state index is -1.08. The summed E-state index contributed by atoms with van der Waals surface area (Å²) < 4.78 is 55.4. The first-order valence-electron chi connectivity index (χ1n) is 41.6. The zero-order chi connectivity index (χ0) is 79.3. The van der Waals surface area contributed by atoms with E-state index in [4.69, 9.17) is 37.9 Å². The Labute approximate surface area is 672 Å². The summed E-state index contributed by atoms with van der Waals surface area (Å²) in [6.07, 6.45) is 25.1. The molecule has 4 aliphatic carbocycles. The number of carbonyl (C=O) groups is 6. The summed E-state index contributed by atoms with van der Waals surface area (Å²) in [7, 11) is 0. The third kappa shape index (κ3) is 18.2. The highest BCUT2D eigenvalue weighted by Gasteiger charge is 2.49. The number of benzene rings is 4. The van der Waals surface area contributed by atoms with Crippen LogP contribution in [0.1, 0.15) is 253 Å². The third-order valence-electron chi connectivity index (χ3n) is 26.5. The highest BCUT2D eigenvalue weighted by molar-refractivity contribution is 9.10. The van der Waals surface area contributed by atoms with Crippen molar-refractivity contribution in [2.75, 3.05) is 52.4 Å². The number of hydrazone groups is 2. The number of fused-ring (bicyclic) bond motifs is 4. The number of aliphatic carboxylic acids is 1. The number of ketones is 1. The Balaban J connectivity index is 0.000000115. The molecule has 15 aliphatic rings. The number of likely N-dealkylation sites (tertiary alicyclic amines) is 4. The van der Waals surface area contributed by atoms with Gasteiger partial charge in [0.15, 0.2) is 5.78 Å². The van der Waals surface area contributed by atoms with Crippen molar-refractivity contribution in [3.63, 3.8) is 0 Å². The summed E-state index contributed by atoms with van der Waals surface area (Å²) in [5, 5.41) is 17.8. The first kappa shape index (κ1) is 81.0. The highest BCUT2D eigenvalue weighted by atomic mass is 79.9. The van der Waals surface area contributed by atoms with Crippen molar-refractivity contribution in [1.29, 1.82) is 0 Å². The molecule has 0 bridgehead atoms. The normalized spacial score (nSPS) is 25.2. The number of halogens is 1. The van der Waals surface area contributed by atoms with E-state index in [9.17, 15) is 33.9 Å². The molecule has 4 saturated carbocycles. The van der Waals surface area contributed by atoms with Gasteiger partial charge >= 0.3 is 17.9 Å². The maximum atomic E-state index is 12.5. The molecule has 5 saturated heterocycles. The summed E-state index contributed by atoms with van der Waals surface area (Å²) in [6, 6.07) is 27.1. The van der Waals surface area contributed by atoms with Gasteiger partial charge in [-0.25, -0.2) is 10.9 Å². The summed E-state index contributed by atoms with van der Waals surface area (Å²) >= 11 is 3.50. The van der Waals surface area contributed by atoms with E-state index >= 15 is 0 Å². The van der Waals surface area contributed by atoms with Crippen LogP contribution in [-0.4, -0.2) is 171 Å². The SMILES string of the molecule is Brc1ccc2c(c1)COC1(CCN(C3CCC3)CC1)O2.CC(C)(CC(=O)c1ccc2c(c1)COC1(CCN(C3CCC3)CC1)O2)C(=O)O.CC1(C)CC(=O)OC1=O.CC1(C)CC(c2ccc3c(c2)COC2(CCN(C4CCC4)CC2)O3)=NNC1=O.CC1(C)CC(c2ccc3c(c2)COC2(CCN(C4CCC4)CC2)O3)=NNC1=O. The van der Waals surface area contributed by atoms with Crippen molar-refractivity contribution in [2.45, 2.75) is 283 Å². The number of Topliss-reactive ketones (excluding diaryl/α,β-unsaturated/α-hetero) is 1. The molecular formula is C88H115BrN8O16. The standard InChI is InChI=1S/2C22H29N3O3.C22H29NO5.C16H20BrNO2.C6H8O3/c2*1-21(2)13-18(23-24-20(21)26)15-6-7-19-16(12-15)14-27-22(28-19)8-10-25(11-9-22)17-4-3-5-17;1-21(2,20(25)26)13-18(24)15-6-7-19-16(12-15)14-27-22(28-19)8-10-23(11-9-22)17-4-3-5-17;17-13-4-5-15-12(10-13)11-19-16(20-15)6-8-18(9-7-16)14-2-1-3-14;1-6(2)3-4(7)9-5(6)8/h2*6-7,12,17H,3-5,8-11,13-14H2,1-2H3,(H,24,26);6-7,12,17H,3-5,8-11,13-14H2,1-2H3,(H,25,26);4-5,10,14H,1-3,6-9,11H2;3H2,1-2H3. The predicted molar refractivity (Wildman–Crippen MR) is 426 cm³/mol. The Kier molecular flexibility index (Phi) is 23.4. The summed E-state index contributed by atoms with van der Waals surface area (Å²) in [4.78, 5) is 79.1. The lowest BCUT2D eigenvalue weighted by Gasteiger charge is -2.47. The number of esters is 2. The number of carbonyl (C=O) groups excluding carboxylic acids is 5. The summed E-state index contributed by atoms with van der Waals surface area (Å²) in [6.45, 7) is 25.0. The van der Waals surface area contributed by atoms with Crippen LogP contribution >= 0.6 is 15.9 Å². The minimum absolute atomic E-state index is 0.0314. The summed E-state index contributed by atoms with van der Waals surface area (Å²) in [5.74, 6) is -0.271. The van der Waals surface area contributed by atoms with Crippen molar-refractivity contribution < 1.29 is 76.5 Å².